The summed E-state index contributed by atoms with van der Waals surface area (Å²) in [4.78, 5) is 23.4. The zero-order valence-corrected chi connectivity index (χ0v) is 11.6. The van der Waals surface area contributed by atoms with Gasteiger partial charge in [0.2, 0.25) is 0 Å². The first-order chi connectivity index (χ1) is 9.65. The van der Waals surface area contributed by atoms with Crippen LogP contribution in [0.25, 0.3) is 0 Å². The molecular formula is C15H20N2O3. The van der Waals surface area contributed by atoms with Gasteiger partial charge in [-0.1, -0.05) is 13.3 Å². The molecule has 0 aliphatic heterocycles. The number of amides is 1. The van der Waals surface area contributed by atoms with E-state index < -0.39 is 6.10 Å². The molecule has 0 aromatic heterocycles. The van der Waals surface area contributed by atoms with Gasteiger partial charge in [-0.25, -0.2) is 5.84 Å². The molecule has 1 aliphatic carbocycles. The minimum atomic E-state index is -0.595. The monoisotopic (exact) mass is 276 g/mol. The lowest BCUT2D eigenvalue weighted by Gasteiger charge is -2.19. The Morgan fingerprint density at radius 1 is 1.45 bits per heavy atom. The molecule has 20 heavy (non-hydrogen) atoms. The topological polar surface area (TPSA) is 81.4 Å². The van der Waals surface area contributed by atoms with E-state index in [1.807, 2.05) is 13.0 Å². The number of hydrazine groups is 1. The first-order valence-corrected chi connectivity index (χ1v) is 6.99. The van der Waals surface area contributed by atoms with E-state index in [9.17, 15) is 9.59 Å². The minimum Gasteiger partial charge on any atom is -0.481 e. The van der Waals surface area contributed by atoms with E-state index in [1.54, 1.807) is 12.1 Å². The number of carbonyl (C=O) groups excluding carboxylic acids is 2. The molecule has 1 aromatic rings. The summed E-state index contributed by atoms with van der Waals surface area (Å²) in [6, 6.07) is 5.39. The molecule has 1 aromatic carbocycles. The number of fused-ring (bicyclic) bond motifs is 1. The summed E-state index contributed by atoms with van der Waals surface area (Å²) >= 11 is 0. The normalized spacial score (nSPS) is 15.4. The predicted octanol–water partition coefficient (Wildman–Crippen LogP) is 1.74. The molecule has 0 heterocycles. The molecule has 0 saturated carbocycles. The van der Waals surface area contributed by atoms with Gasteiger partial charge in [0.25, 0.3) is 5.91 Å². The summed E-state index contributed by atoms with van der Waals surface area (Å²) in [6.45, 7) is 1.98. The van der Waals surface area contributed by atoms with E-state index in [2.05, 4.69) is 5.43 Å². The largest absolute Gasteiger partial charge is 0.481 e. The molecule has 1 unspecified atom stereocenters. The molecule has 5 nitrogen and oxygen atoms in total. The first kappa shape index (κ1) is 14.5. The molecule has 0 spiro atoms. The number of aryl methyl sites for hydroxylation is 1. The summed E-state index contributed by atoms with van der Waals surface area (Å²) in [7, 11) is 0. The molecule has 0 bridgehead atoms. The molecule has 0 fully saturated rings. The van der Waals surface area contributed by atoms with Crippen LogP contribution in [0.4, 0.5) is 0 Å². The number of benzene rings is 1. The lowest BCUT2D eigenvalue weighted by molar-refractivity contribution is -0.128. The fourth-order valence-corrected chi connectivity index (χ4v) is 2.46. The second-order valence-electron chi connectivity index (χ2n) is 5.00. The Bertz CT molecular complexity index is 514. The van der Waals surface area contributed by atoms with Gasteiger partial charge in [0.1, 0.15) is 5.75 Å². The second-order valence-corrected chi connectivity index (χ2v) is 5.00. The van der Waals surface area contributed by atoms with Gasteiger partial charge in [0, 0.05) is 12.0 Å². The summed E-state index contributed by atoms with van der Waals surface area (Å²) in [5, 5.41) is 0. The number of hydrogen-bond acceptors (Lipinski definition) is 4. The maximum atomic E-state index is 11.8. The van der Waals surface area contributed by atoms with Crippen molar-refractivity contribution in [2.45, 2.75) is 45.1 Å². The number of ketones is 1. The third kappa shape index (κ3) is 3.17. The summed E-state index contributed by atoms with van der Waals surface area (Å²) in [5.74, 6) is 5.62. The molecule has 3 N–H and O–H groups in total. The Morgan fingerprint density at radius 2 is 2.25 bits per heavy atom. The zero-order valence-electron chi connectivity index (χ0n) is 11.6. The predicted molar refractivity (Wildman–Crippen MR) is 75.4 cm³/mol. The molecule has 1 amide bonds. The summed E-state index contributed by atoms with van der Waals surface area (Å²) in [5.41, 5.74) is 3.90. The highest BCUT2D eigenvalue weighted by molar-refractivity contribution is 5.98. The fourth-order valence-electron chi connectivity index (χ4n) is 2.46. The van der Waals surface area contributed by atoms with Crippen LogP contribution >= 0.6 is 0 Å². The minimum absolute atomic E-state index is 0.183. The highest BCUT2D eigenvalue weighted by Gasteiger charge is 2.21. The number of nitrogens with one attached hydrogen (secondary N) is 1. The van der Waals surface area contributed by atoms with Crippen molar-refractivity contribution in [1.29, 1.82) is 0 Å². The van der Waals surface area contributed by atoms with Gasteiger partial charge in [-0.15, -0.1) is 0 Å². The third-order valence-corrected chi connectivity index (χ3v) is 3.49. The van der Waals surface area contributed by atoms with E-state index in [1.165, 1.54) is 0 Å². The van der Waals surface area contributed by atoms with Crippen LogP contribution in [-0.4, -0.2) is 17.8 Å². The van der Waals surface area contributed by atoms with Crippen LogP contribution in [0.2, 0.25) is 0 Å². The molecule has 108 valence electrons. The third-order valence-electron chi connectivity index (χ3n) is 3.49. The average molecular weight is 276 g/mol. The van der Waals surface area contributed by atoms with Gasteiger partial charge in [-0.05, 0) is 43.0 Å². The number of nitrogens with two attached hydrogens (primary N) is 1. The second kappa shape index (κ2) is 6.52. The van der Waals surface area contributed by atoms with Crippen molar-refractivity contribution < 1.29 is 14.3 Å². The maximum absolute atomic E-state index is 11.8. The maximum Gasteiger partial charge on any atom is 0.274 e. The van der Waals surface area contributed by atoms with Crippen molar-refractivity contribution in [3.8, 4) is 5.75 Å². The summed E-state index contributed by atoms with van der Waals surface area (Å²) < 4.78 is 5.71. The Morgan fingerprint density at radius 3 is 2.95 bits per heavy atom. The average Bonchev–Trinajstić information content (AvgIpc) is 2.46. The number of ether oxygens (including phenoxy) is 1. The van der Waals surface area contributed by atoms with Crippen LogP contribution in [-0.2, 0) is 11.2 Å². The fraction of sp³-hybridized carbons (Fsp3) is 0.467. The molecule has 0 saturated heterocycles. The zero-order chi connectivity index (χ0) is 14.5. The number of Topliss-reactive ketones (excluding diaryl/α,β-unsaturated/α-hetero) is 1. The molecular weight excluding hydrogens is 256 g/mol. The standard InChI is InChI=1S/C15H20N2O3/c1-2-4-14(15(19)17-16)20-11-7-8-12-10(9-11)5-3-6-13(12)18/h7-9,14H,2-6,16H2,1H3,(H,17,19). The van der Waals surface area contributed by atoms with Gasteiger partial charge in [-0.3, -0.25) is 15.0 Å². The molecule has 1 aliphatic rings. The number of carbonyl (C=O) groups is 2. The Kier molecular flexibility index (Phi) is 4.74. The van der Waals surface area contributed by atoms with Crippen molar-refractivity contribution in [2.24, 2.45) is 5.84 Å². The van der Waals surface area contributed by atoms with E-state index in [4.69, 9.17) is 10.6 Å². The SMILES string of the molecule is CCCC(Oc1ccc2c(c1)CCCC2=O)C(=O)NN. The number of hydrogen-bond donors (Lipinski definition) is 2. The Balaban J connectivity index is 2.16. The van der Waals surface area contributed by atoms with Crippen LogP contribution in [0.15, 0.2) is 18.2 Å². The van der Waals surface area contributed by atoms with E-state index in [0.29, 0.717) is 18.6 Å². The first-order valence-electron chi connectivity index (χ1n) is 6.99. The quantitative estimate of drug-likeness (QED) is 0.487. The van der Waals surface area contributed by atoms with Crippen molar-refractivity contribution >= 4 is 11.7 Å². The molecule has 2 rings (SSSR count). The van der Waals surface area contributed by atoms with Crippen LogP contribution in [0.1, 0.15) is 48.5 Å². The molecule has 1 atom stereocenters. The van der Waals surface area contributed by atoms with Crippen LogP contribution in [0, 0.1) is 0 Å². The summed E-state index contributed by atoms with van der Waals surface area (Å²) in [6.07, 6.45) is 3.18. The lowest BCUT2D eigenvalue weighted by atomic mass is 9.90. The van der Waals surface area contributed by atoms with E-state index >= 15 is 0 Å². The van der Waals surface area contributed by atoms with Gasteiger partial charge in [0.15, 0.2) is 11.9 Å². The van der Waals surface area contributed by atoms with Gasteiger partial charge in [0.05, 0.1) is 0 Å². The Hall–Kier alpha value is -1.88. The molecule has 0 radical (unpaired) electrons. The lowest BCUT2D eigenvalue weighted by Crippen LogP contribution is -2.42. The molecule has 5 heteroatoms. The van der Waals surface area contributed by atoms with Crippen molar-refractivity contribution in [2.75, 3.05) is 0 Å². The van der Waals surface area contributed by atoms with Crippen LogP contribution in [0.3, 0.4) is 0 Å². The highest BCUT2D eigenvalue weighted by Crippen LogP contribution is 2.26. The van der Waals surface area contributed by atoms with Crippen molar-refractivity contribution in [3.05, 3.63) is 29.3 Å². The smallest absolute Gasteiger partial charge is 0.274 e. The van der Waals surface area contributed by atoms with Crippen LogP contribution in [0.5, 0.6) is 5.75 Å². The van der Waals surface area contributed by atoms with Gasteiger partial charge in [-0.2, -0.15) is 0 Å². The van der Waals surface area contributed by atoms with E-state index in [0.717, 1.165) is 30.4 Å². The van der Waals surface area contributed by atoms with Crippen molar-refractivity contribution in [3.63, 3.8) is 0 Å². The van der Waals surface area contributed by atoms with Crippen molar-refractivity contribution in [1.82, 2.24) is 5.43 Å². The van der Waals surface area contributed by atoms with Gasteiger partial charge < -0.3 is 4.74 Å². The highest BCUT2D eigenvalue weighted by atomic mass is 16.5. The number of rotatable bonds is 5. The Labute approximate surface area is 118 Å². The van der Waals surface area contributed by atoms with Crippen LogP contribution < -0.4 is 16.0 Å². The van der Waals surface area contributed by atoms with E-state index in [-0.39, 0.29) is 11.7 Å². The van der Waals surface area contributed by atoms with Gasteiger partial charge >= 0.3 is 0 Å².